The normalized spacial score (nSPS) is 11.5. The van der Waals surface area contributed by atoms with Crippen LogP contribution in [0.25, 0.3) is 77.2 Å². The quantitative estimate of drug-likeness (QED) is 0.0956. The fourth-order valence-electron chi connectivity index (χ4n) is 16.1. The molecule has 0 bridgehead atoms. The van der Waals surface area contributed by atoms with E-state index in [9.17, 15) is 0 Å². The summed E-state index contributed by atoms with van der Waals surface area (Å²) in [4.78, 5) is 8.99. The largest absolute Gasteiger partial charge is 0.310 e. The zero-order chi connectivity index (χ0) is 82.4. The summed E-state index contributed by atoms with van der Waals surface area (Å²) in [5.74, 6) is 0. The van der Waals surface area contributed by atoms with Crippen molar-refractivity contribution < 1.29 is 0 Å². The molecule has 0 amide bonds. The van der Waals surface area contributed by atoms with Crippen molar-refractivity contribution in [3.05, 3.63) is 504 Å². The number of nitrogens with zero attached hydrogens (tertiary/aromatic N) is 4. The van der Waals surface area contributed by atoms with E-state index in [0.717, 1.165) is 94.4 Å². The molecule has 0 aliphatic heterocycles. The number of para-hydroxylation sites is 3. The fourth-order valence-corrected chi connectivity index (χ4v) is 16.8. The van der Waals surface area contributed by atoms with Gasteiger partial charge in [-0.25, -0.2) is 0 Å². The molecule has 0 fully saturated rings. The van der Waals surface area contributed by atoms with E-state index in [-0.39, 0.29) is 5.41 Å². The smallest absolute Gasteiger partial charge is 0.0476 e. The van der Waals surface area contributed by atoms with Crippen LogP contribution in [0.5, 0.6) is 0 Å². The molecule has 0 spiro atoms. The minimum absolute atomic E-state index is 0.0291. The number of hydrogen-bond donors (Lipinski definition) is 0. The highest BCUT2D eigenvalue weighted by Gasteiger charge is 2.36. The Morgan fingerprint density at radius 1 is 0.157 bits per heavy atom. The van der Waals surface area contributed by atoms with Gasteiger partial charge in [0.2, 0.25) is 0 Å². The van der Waals surface area contributed by atoms with Crippen molar-refractivity contribution in [3.8, 4) is 55.6 Å². The molecule has 0 atom stereocenters. The number of hydrogen-bond acceptors (Lipinski definition) is 4. The van der Waals surface area contributed by atoms with Crippen molar-refractivity contribution in [1.29, 1.82) is 0 Å². The molecule has 19 aromatic rings. The maximum atomic E-state index is 6.50. The summed E-state index contributed by atoms with van der Waals surface area (Å²) >= 11 is 25.4. The molecule has 0 radical (unpaired) electrons. The molecule has 0 N–H and O–H groups in total. The van der Waals surface area contributed by atoms with Gasteiger partial charge in [-0.05, 0) is 270 Å². The third-order valence-electron chi connectivity index (χ3n) is 22.0. The van der Waals surface area contributed by atoms with Crippen LogP contribution in [-0.4, -0.2) is 0 Å². The van der Waals surface area contributed by atoms with Crippen LogP contribution in [0.15, 0.2) is 473 Å². The lowest BCUT2D eigenvalue weighted by Crippen LogP contribution is -2.16. The van der Waals surface area contributed by atoms with Gasteiger partial charge in [0, 0.05) is 93.8 Å². The Hall–Kier alpha value is -13.9. The van der Waals surface area contributed by atoms with E-state index in [1.54, 1.807) is 0 Å². The average molecular weight is 1640 g/mol. The second-order valence-electron chi connectivity index (χ2n) is 30.2. The summed E-state index contributed by atoms with van der Waals surface area (Å²) in [6.07, 6.45) is 0. The molecule has 20 rings (SSSR count). The van der Waals surface area contributed by atoms with Gasteiger partial charge in [-0.15, -0.1) is 0 Å². The SMILES string of the molecule is CC1(C)c2ccccc2-c2ccc(N(c3ccccc3)c3cccc(Cl)c3)cc21.Clc1cccc(N(c2ccc(-c3ccccc3)cc2)c2cc(-c3ccccc3)cc(-c3ccccc3)c2)c1.Clc1cccc(N(c2ccccc2)c2ccc(-c3ccc4ccccc4c3)cc2)c1.Clc1cccc(N(c2ccccc2)c2ccc3ccccc3c2)c1. The van der Waals surface area contributed by atoms with E-state index in [1.807, 2.05) is 109 Å². The van der Waals surface area contributed by atoms with Crippen molar-refractivity contribution in [2.75, 3.05) is 19.6 Å². The van der Waals surface area contributed by atoms with Crippen LogP contribution in [-0.2, 0) is 5.41 Å². The molecular formula is C113H84Cl4N4. The number of rotatable bonds is 16. The standard InChI is InChI=1S/C36H26ClN.C28H20ClN.C27H22ClN.C22H16ClN/c37-33-17-10-18-35(26-33)38(34-21-19-30(20-22-34)27-11-4-1-5-12-27)36-24-31(28-13-6-2-7-14-28)23-32(25-36)29-15-8-3-9-16-29;29-25-9-6-12-28(20-25)30(26-10-2-1-3-11-26)27-17-15-22(16-18-27)24-14-13-21-7-4-5-8-23(21)19-24;1-27(2)25-14-7-6-13-23(25)24-16-15-22(18-26(24)27)29(20-10-4-3-5-11-20)21-12-8-9-19(28)17-21;23-19-9-6-12-21(16-19)24(20-10-2-1-3-11-20)22-14-13-17-7-4-5-8-18(17)15-22/h1-26H;1-20H;3-18H,1-2H3;1-16H. The molecule has 1 aliphatic carbocycles. The monoisotopic (exact) mass is 1640 g/mol. The van der Waals surface area contributed by atoms with E-state index in [0.29, 0.717) is 5.02 Å². The van der Waals surface area contributed by atoms with Gasteiger partial charge in [0.25, 0.3) is 0 Å². The molecule has 0 saturated carbocycles. The molecule has 19 aromatic carbocycles. The lowest BCUT2D eigenvalue weighted by atomic mass is 9.82. The Labute approximate surface area is 729 Å². The zero-order valence-corrected chi connectivity index (χ0v) is 69.9. The van der Waals surface area contributed by atoms with Crippen LogP contribution in [0.1, 0.15) is 25.0 Å². The summed E-state index contributed by atoms with van der Waals surface area (Å²) in [5, 5.41) is 7.86. The van der Waals surface area contributed by atoms with Gasteiger partial charge in [0.1, 0.15) is 0 Å². The minimum atomic E-state index is -0.0291. The third kappa shape index (κ3) is 18.4. The highest BCUT2D eigenvalue weighted by Crippen LogP contribution is 2.51. The molecule has 0 unspecified atom stereocenters. The van der Waals surface area contributed by atoms with Crippen molar-refractivity contribution in [3.63, 3.8) is 0 Å². The van der Waals surface area contributed by atoms with Crippen LogP contribution in [0.4, 0.5) is 68.2 Å². The molecule has 0 aromatic heterocycles. The molecule has 0 heterocycles. The van der Waals surface area contributed by atoms with E-state index < -0.39 is 0 Å². The summed E-state index contributed by atoms with van der Waals surface area (Å²) in [6.45, 7) is 4.63. The maximum Gasteiger partial charge on any atom is 0.0476 e. The van der Waals surface area contributed by atoms with Crippen LogP contribution in [0.3, 0.4) is 0 Å². The first kappa shape index (κ1) is 79.5. The first-order chi connectivity index (χ1) is 59.4. The van der Waals surface area contributed by atoms with Crippen molar-refractivity contribution in [1.82, 2.24) is 0 Å². The van der Waals surface area contributed by atoms with Gasteiger partial charge in [-0.1, -0.05) is 351 Å². The molecule has 0 saturated heterocycles. The summed E-state index contributed by atoms with van der Waals surface area (Å²) < 4.78 is 0. The summed E-state index contributed by atoms with van der Waals surface area (Å²) in [7, 11) is 0. The topological polar surface area (TPSA) is 13.0 Å². The lowest BCUT2D eigenvalue weighted by molar-refractivity contribution is 0.660. The highest BCUT2D eigenvalue weighted by atomic mass is 35.5. The van der Waals surface area contributed by atoms with Crippen LogP contribution in [0, 0.1) is 0 Å². The van der Waals surface area contributed by atoms with Crippen molar-refractivity contribution in [2.24, 2.45) is 0 Å². The van der Waals surface area contributed by atoms with E-state index in [2.05, 4.69) is 397 Å². The van der Waals surface area contributed by atoms with Crippen LogP contribution < -0.4 is 19.6 Å². The van der Waals surface area contributed by atoms with Crippen molar-refractivity contribution in [2.45, 2.75) is 19.3 Å². The van der Waals surface area contributed by atoms with E-state index >= 15 is 0 Å². The number of fused-ring (bicyclic) bond motifs is 5. The predicted molar refractivity (Wildman–Crippen MR) is 519 cm³/mol. The van der Waals surface area contributed by atoms with Gasteiger partial charge in [-0.3, -0.25) is 0 Å². The predicted octanol–water partition coefficient (Wildman–Crippen LogP) is 34.5. The summed E-state index contributed by atoms with van der Waals surface area (Å²) in [6, 6.07) is 164. The third-order valence-corrected chi connectivity index (χ3v) is 22.9. The first-order valence-corrected chi connectivity index (χ1v) is 42.0. The van der Waals surface area contributed by atoms with Gasteiger partial charge in [0.15, 0.2) is 0 Å². The molecule has 8 heteroatoms. The maximum absolute atomic E-state index is 6.50. The van der Waals surface area contributed by atoms with Gasteiger partial charge >= 0.3 is 0 Å². The average Bonchev–Trinajstić information content (AvgIpc) is 1.58. The van der Waals surface area contributed by atoms with Gasteiger partial charge < -0.3 is 19.6 Å². The van der Waals surface area contributed by atoms with Gasteiger partial charge in [-0.2, -0.15) is 0 Å². The Balaban J connectivity index is 0.000000116. The molecule has 1 aliphatic rings. The fraction of sp³-hybridized carbons (Fsp3) is 0.0265. The van der Waals surface area contributed by atoms with E-state index in [1.165, 1.54) is 77.2 Å². The van der Waals surface area contributed by atoms with Crippen molar-refractivity contribution >= 4 is 136 Å². The lowest BCUT2D eigenvalue weighted by Gasteiger charge is -2.28. The Morgan fingerprint density at radius 3 is 0.860 bits per heavy atom. The summed E-state index contributed by atoms with van der Waals surface area (Å²) in [5.41, 5.74) is 27.8. The second kappa shape index (κ2) is 36.9. The Bertz CT molecular complexity index is 6680. The first-order valence-electron chi connectivity index (χ1n) is 40.5. The highest BCUT2D eigenvalue weighted by molar-refractivity contribution is 6.32. The molecule has 4 nitrogen and oxygen atoms in total. The molecule has 584 valence electrons. The number of anilines is 12. The van der Waals surface area contributed by atoms with Crippen LogP contribution >= 0.6 is 46.4 Å². The number of halogens is 4. The molecule has 121 heavy (non-hydrogen) atoms. The van der Waals surface area contributed by atoms with Crippen LogP contribution in [0.2, 0.25) is 20.1 Å². The second-order valence-corrected chi connectivity index (χ2v) is 32.0. The Kier molecular flexibility index (Phi) is 24.3. The zero-order valence-electron chi connectivity index (χ0n) is 66.8. The number of benzene rings is 19. The van der Waals surface area contributed by atoms with E-state index in [4.69, 9.17) is 46.4 Å². The minimum Gasteiger partial charge on any atom is -0.310 e. The molecular weight excluding hydrogens is 1560 g/mol. The van der Waals surface area contributed by atoms with Gasteiger partial charge in [0.05, 0.1) is 0 Å². The Morgan fingerprint density at radius 2 is 0.430 bits per heavy atom.